The fourth-order valence-electron chi connectivity index (χ4n) is 3.48. The van der Waals surface area contributed by atoms with Gasteiger partial charge in [0.2, 0.25) is 0 Å². The number of rotatable bonds is 3. The normalized spacial score (nSPS) is 11.3. The van der Waals surface area contributed by atoms with Crippen LogP contribution in [0.2, 0.25) is 0 Å². The SMILES string of the molecule is Cc1cc(C)c(-c2cccc3c(CCO)n(C)nc23)c(C)c1. The van der Waals surface area contributed by atoms with Crippen LogP contribution in [-0.4, -0.2) is 21.5 Å². The lowest BCUT2D eigenvalue weighted by molar-refractivity contribution is 0.296. The van der Waals surface area contributed by atoms with Crippen LogP contribution in [0.5, 0.6) is 0 Å². The number of hydrogen-bond acceptors (Lipinski definition) is 2. The van der Waals surface area contributed by atoms with E-state index in [1.54, 1.807) is 0 Å². The molecule has 3 nitrogen and oxygen atoms in total. The van der Waals surface area contributed by atoms with E-state index in [2.05, 4.69) is 51.1 Å². The zero-order valence-electron chi connectivity index (χ0n) is 13.6. The van der Waals surface area contributed by atoms with Crippen molar-refractivity contribution in [2.45, 2.75) is 27.2 Å². The Morgan fingerprint density at radius 2 is 1.77 bits per heavy atom. The predicted molar refractivity (Wildman–Crippen MR) is 91.2 cm³/mol. The van der Waals surface area contributed by atoms with E-state index in [4.69, 9.17) is 5.10 Å². The number of aryl methyl sites for hydroxylation is 4. The first-order valence-electron chi connectivity index (χ1n) is 7.66. The van der Waals surface area contributed by atoms with Gasteiger partial charge in [0.25, 0.3) is 0 Å². The highest BCUT2D eigenvalue weighted by Crippen LogP contribution is 2.34. The molecular formula is C19H22N2O. The molecule has 0 bridgehead atoms. The molecule has 0 radical (unpaired) electrons. The molecule has 2 aromatic carbocycles. The predicted octanol–water partition coefficient (Wildman–Crippen LogP) is 3.70. The molecule has 3 aromatic rings. The Labute approximate surface area is 131 Å². The largest absolute Gasteiger partial charge is 0.396 e. The quantitative estimate of drug-likeness (QED) is 0.800. The molecule has 0 saturated heterocycles. The average Bonchev–Trinajstić information content (AvgIpc) is 2.76. The summed E-state index contributed by atoms with van der Waals surface area (Å²) in [5.74, 6) is 0. The van der Waals surface area contributed by atoms with E-state index < -0.39 is 0 Å². The van der Waals surface area contributed by atoms with Gasteiger partial charge in [0, 0.05) is 36.7 Å². The van der Waals surface area contributed by atoms with Gasteiger partial charge in [-0.15, -0.1) is 0 Å². The maximum Gasteiger partial charge on any atom is 0.100 e. The lowest BCUT2D eigenvalue weighted by atomic mass is 9.92. The molecule has 114 valence electrons. The second-order valence-electron chi connectivity index (χ2n) is 6.02. The zero-order valence-corrected chi connectivity index (χ0v) is 13.6. The Morgan fingerprint density at radius 1 is 1.09 bits per heavy atom. The minimum atomic E-state index is 0.140. The Hall–Kier alpha value is -2.13. The van der Waals surface area contributed by atoms with Gasteiger partial charge < -0.3 is 5.11 Å². The second kappa shape index (κ2) is 5.58. The highest BCUT2D eigenvalue weighted by Gasteiger charge is 2.15. The summed E-state index contributed by atoms with van der Waals surface area (Å²) >= 11 is 0. The maximum atomic E-state index is 9.29. The molecule has 0 saturated carbocycles. The van der Waals surface area contributed by atoms with Crippen molar-refractivity contribution in [1.82, 2.24) is 9.78 Å². The van der Waals surface area contributed by atoms with Gasteiger partial charge in [-0.1, -0.05) is 35.9 Å². The molecule has 0 aliphatic carbocycles. The number of nitrogens with zero attached hydrogens (tertiary/aromatic N) is 2. The van der Waals surface area contributed by atoms with Crippen LogP contribution in [-0.2, 0) is 13.5 Å². The van der Waals surface area contributed by atoms with Crippen LogP contribution in [0.4, 0.5) is 0 Å². The van der Waals surface area contributed by atoms with Crippen LogP contribution in [0, 0.1) is 20.8 Å². The molecule has 3 heteroatoms. The number of fused-ring (bicyclic) bond motifs is 1. The molecule has 0 unspecified atom stereocenters. The molecule has 0 atom stereocenters. The summed E-state index contributed by atoms with van der Waals surface area (Å²) < 4.78 is 1.89. The highest BCUT2D eigenvalue weighted by molar-refractivity contribution is 5.96. The lowest BCUT2D eigenvalue weighted by Crippen LogP contribution is -2.00. The van der Waals surface area contributed by atoms with Crippen molar-refractivity contribution < 1.29 is 5.11 Å². The average molecular weight is 294 g/mol. The molecule has 0 amide bonds. The number of hydrogen-bond donors (Lipinski definition) is 1. The number of aliphatic hydroxyl groups excluding tert-OH is 1. The van der Waals surface area contributed by atoms with Crippen LogP contribution in [0.25, 0.3) is 22.0 Å². The van der Waals surface area contributed by atoms with E-state index in [-0.39, 0.29) is 6.61 Å². The molecule has 3 rings (SSSR count). The fourth-order valence-corrected chi connectivity index (χ4v) is 3.48. The maximum absolute atomic E-state index is 9.29. The van der Waals surface area contributed by atoms with Crippen LogP contribution in [0.15, 0.2) is 30.3 Å². The van der Waals surface area contributed by atoms with Gasteiger partial charge >= 0.3 is 0 Å². The standard InChI is InChI=1S/C19H22N2O/c1-12-10-13(2)18(14(3)11-12)16-7-5-6-15-17(8-9-22)21(4)20-19(15)16/h5-7,10-11,22H,8-9H2,1-4H3. The third kappa shape index (κ3) is 2.32. The van der Waals surface area contributed by atoms with Gasteiger partial charge in [0.1, 0.15) is 5.52 Å². The molecule has 1 aromatic heterocycles. The summed E-state index contributed by atoms with van der Waals surface area (Å²) in [5, 5.41) is 15.1. The molecule has 22 heavy (non-hydrogen) atoms. The van der Waals surface area contributed by atoms with Crippen molar-refractivity contribution in [3.05, 3.63) is 52.7 Å². The molecule has 1 heterocycles. The summed E-state index contributed by atoms with van der Waals surface area (Å²) in [6, 6.07) is 10.8. The molecular weight excluding hydrogens is 272 g/mol. The monoisotopic (exact) mass is 294 g/mol. The van der Waals surface area contributed by atoms with Crippen molar-refractivity contribution in [2.24, 2.45) is 7.05 Å². The molecule has 1 N–H and O–H groups in total. The van der Waals surface area contributed by atoms with E-state index >= 15 is 0 Å². The molecule has 0 aliphatic heterocycles. The van der Waals surface area contributed by atoms with Gasteiger partial charge in [0.15, 0.2) is 0 Å². The van der Waals surface area contributed by atoms with Crippen molar-refractivity contribution in [3.8, 4) is 11.1 Å². The van der Waals surface area contributed by atoms with Gasteiger partial charge in [-0.05, 0) is 37.5 Å². The topological polar surface area (TPSA) is 38.0 Å². The third-order valence-corrected chi connectivity index (χ3v) is 4.28. The molecule has 0 fully saturated rings. The summed E-state index contributed by atoms with van der Waals surface area (Å²) in [7, 11) is 1.95. The van der Waals surface area contributed by atoms with Crippen molar-refractivity contribution in [1.29, 1.82) is 0 Å². The van der Waals surface area contributed by atoms with Crippen molar-refractivity contribution in [2.75, 3.05) is 6.61 Å². The summed E-state index contributed by atoms with van der Waals surface area (Å²) in [4.78, 5) is 0. The molecule has 0 spiro atoms. The summed E-state index contributed by atoms with van der Waals surface area (Å²) in [6.45, 7) is 6.59. The van der Waals surface area contributed by atoms with E-state index in [0.29, 0.717) is 6.42 Å². The van der Waals surface area contributed by atoms with Gasteiger partial charge in [-0.3, -0.25) is 4.68 Å². The van der Waals surface area contributed by atoms with Crippen LogP contribution in [0.1, 0.15) is 22.4 Å². The van der Waals surface area contributed by atoms with E-state index in [0.717, 1.165) is 16.6 Å². The summed E-state index contributed by atoms with van der Waals surface area (Å²) in [6.07, 6.45) is 0.627. The molecule has 0 aliphatic rings. The Bertz CT molecular complexity index is 823. The Balaban J connectivity index is 2.31. The zero-order chi connectivity index (χ0) is 15.9. The lowest BCUT2D eigenvalue weighted by Gasteiger charge is -2.12. The third-order valence-electron chi connectivity index (χ3n) is 4.28. The first kappa shape index (κ1) is 14.8. The number of aromatic nitrogens is 2. The Morgan fingerprint density at radius 3 is 2.41 bits per heavy atom. The van der Waals surface area contributed by atoms with Crippen LogP contribution < -0.4 is 0 Å². The van der Waals surface area contributed by atoms with E-state index in [9.17, 15) is 5.11 Å². The van der Waals surface area contributed by atoms with Crippen molar-refractivity contribution in [3.63, 3.8) is 0 Å². The van der Waals surface area contributed by atoms with Crippen LogP contribution in [0.3, 0.4) is 0 Å². The first-order valence-corrected chi connectivity index (χ1v) is 7.66. The fraction of sp³-hybridized carbons (Fsp3) is 0.316. The smallest absolute Gasteiger partial charge is 0.100 e. The minimum absolute atomic E-state index is 0.140. The number of aliphatic hydroxyl groups is 1. The highest BCUT2D eigenvalue weighted by atomic mass is 16.3. The van der Waals surface area contributed by atoms with E-state index in [1.807, 2.05) is 11.7 Å². The van der Waals surface area contributed by atoms with Gasteiger partial charge in [-0.2, -0.15) is 5.10 Å². The second-order valence-corrected chi connectivity index (χ2v) is 6.02. The number of benzene rings is 2. The first-order chi connectivity index (χ1) is 10.5. The van der Waals surface area contributed by atoms with Gasteiger partial charge in [0.05, 0.1) is 0 Å². The summed E-state index contributed by atoms with van der Waals surface area (Å²) in [5.41, 5.74) is 8.38. The van der Waals surface area contributed by atoms with Gasteiger partial charge in [-0.25, -0.2) is 0 Å². The minimum Gasteiger partial charge on any atom is -0.396 e. The van der Waals surface area contributed by atoms with E-state index in [1.165, 1.54) is 27.8 Å². The van der Waals surface area contributed by atoms with Crippen LogP contribution >= 0.6 is 0 Å². The Kier molecular flexibility index (Phi) is 3.75. The van der Waals surface area contributed by atoms with Crippen molar-refractivity contribution >= 4 is 10.9 Å².